The van der Waals surface area contributed by atoms with Crippen LogP contribution in [0.2, 0.25) is 0 Å². The first-order valence-corrected chi connectivity index (χ1v) is 3.68. The van der Waals surface area contributed by atoms with Gasteiger partial charge < -0.3 is 14.9 Å². The van der Waals surface area contributed by atoms with Gasteiger partial charge in [-0.3, -0.25) is 0 Å². The fourth-order valence-electron chi connectivity index (χ4n) is 0.745. The quantitative estimate of drug-likeness (QED) is 0.434. The standard InChI is InChI=1S/C8H16O3/c1-7(2)5-8(10)6-11-4-3-9/h8-10H,1,3-6H2,2H3. The van der Waals surface area contributed by atoms with Gasteiger partial charge in [0.1, 0.15) is 0 Å². The highest BCUT2D eigenvalue weighted by atomic mass is 16.5. The highest BCUT2D eigenvalue weighted by molar-refractivity contribution is 4.90. The monoisotopic (exact) mass is 160 g/mol. The van der Waals surface area contributed by atoms with Crippen molar-refractivity contribution in [3.05, 3.63) is 12.2 Å². The minimum Gasteiger partial charge on any atom is -0.394 e. The molecule has 0 heterocycles. The van der Waals surface area contributed by atoms with E-state index in [4.69, 9.17) is 9.84 Å². The van der Waals surface area contributed by atoms with Crippen LogP contribution >= 0.6 is 0 Å². The molecule has 0 aliphatic rings. The Kier molecular flexibility index (Phi) is 6.12. The molecule has 0 aromatic carbocycles. The average molecular weight is 160 g/mol. The Hall–Kier alpha value is -0.380. The molecule has 0 amide bonds. The van der Waals surface area contributed by atoms with E-state index in [-0.39, 0.29) is 19.8 Å². The van der Waals surface area contributed by atoms with E-state index < -0.39 is 6.10 Å². The highest BCUT2D eigenvalue weighted by Gasteiger charge is 2.02. The van der Waals surface area contributed by atoms with Gasteiger partial charge >= 0.3 is 0 Å². The van der Waals surface area contributed by atoms with Gasteiger partial charge in [0.2, 0.25) is 0 Å². The van der Waals surface area contributed by atoms with Gasteiger partial charge in [-0.25, -0.2) is 0 Å². The zero-order chi connectivity index (χ0) is 8.69. The molecule has 1 atom stereocenters. The molecule has 1 unspecified atom stereocenters. The lowest BCUT2D eigenvalue weighted by Gasteiger charge is -2.09. The SMILES string of the molecule is C=C(C)CC(O)COCCO. The molecule has 0 spiro atoms. The van der Waals surface area contributed by atoms with E-state index in [1.165, 1.54) is 0 Å². The summed E-state index contributed by atoms with van der Waals surface area (Å²) < 4.78 is 4.90. The first kappa shape index (κ1) is 10.6. The maximum absolute atomic E-state index is 9.18. The maximum atomic E-state index is 9.18. The van der Waals surface area contributed by atoms with Gasteiger partial charge in [0.15, 0.2) is 0 Å². The summed E-state index contributed by atoms with van der Waals surface area (Å²) in [6.07, 6.45) is 0.0740. The van der Waals surface area contributed by atoms with Crippen LogP contribution in [0.4, 0.5) is 0 Å². The Bertz CT molecular complexity index is 112. The Morgan fingerprint density at radius 1 is 1.64 bits per heavy atom. The molecule has 0 radical (unpaired) electrons. The molecule has 0 saturated carbocycles. The van der Waals surface area contributed by atoms with E-state index in [0.29, 0.717) is 6.42 Å². The molecule has 0 aromatic heterocycles. The lowest BCUT2D eigenvalue weighted by atomic mass is 10.1. The molecule has 11 heavy (non-hydrogen) atoms. The van der Waals surface area contributed by atoms with Gasteiger partial charge in [-0.05, 0) is 13.3 Å². The Morgan fingerprint density at radius 2 is 2.27 bits per heavy atom. The summed E-state index contributed by atoms with van der Waals surface area (Å²) in [7, 11) is 0. The van der Waals surface area contributed by atoms with Gasteiger partial charge in [0, 0.05) is 0 Å². The van der Waals surface area contributed by atoms with Crippen molar-refractivity contribution >= 4 is 0 Å². The van der Waals surface area contributed by atoms with Crippen molar-refractivity contribution in [3.63, 3.8) is 0 Å². The second-order valence-corrected chi connectivity index (χ2v) is 2.61. The number of hydrogen-bond donors (Lipinski definition) is 2. The number of rotatable bonds is 6. The number of ether oxygens (including phenoxy) is 1. The smallest absolute Gasteiger partial charge is 0.0810 e. The molecule has 0 fully saturated rings. The molecule has 3 heteroatoms. The molecular formula is C8H16O3. The van der Waals surface area contributed by atoms with Crippen molar-refractivity contribution < 1.29 is 14.9 Å². The Labute approximate surface area is 67.3 Å². The van der Waals surface area contributed by atoms with Crippen LogP contribution < -0.4 is 0 Å². The van der Waals surface area contributed by atoms with Crippen LogP contribution in [0.3, 0.4) is 0 Å². The van der Waals surface area contributed by atoms with Crippen molar-refractivity contribution in [3.8, 4) is 0 Å². The predicted molar refractivity (Wildman–Crippen MR) is 43.3 cm³/mol. The summed E-state index contributed by atoms with van der Waals surface area (Å²) in [5.41, 5.74) is 0.935. The normalized spacial score (nSPS) is 13.0. The first-order valence-electron chi connectivity index (χ1n) is 3.68. The van der Waals surface area contributed by atoms with Crippen molar-refractivity contribution in [2.45, 2.75) is 19.4 Å². The maximum Gasteiger partial charge on any atom is 0.0810 e. The van der Waals surface area contributed by atoms with Gasteiger partial charge in [-0.2, -0.15) is 0 Å². The summed E-state index contributed by atoms with van der Waals surface area (Å²) in [5, 5.41) is 17.5. The van der Waals surface area contributed by atoms with Crippen molar-refractivity contribution in [1.82, 2.24) is 0 Å². The molecule has 2 N–H and O–H groups in total. The summed E-state index contributed by atoms with van der Waals surface area (Å²) in [4.78, 5) is 0. The molecule has 0 aliphatic carbocycles. The predicted octanol–water partition coefficient (Wildman–Crippen LogP) is 0.322. The molecule has 3 nitrogen and oxygen atoms in total. The zero-order valence-corrected chi connectivity index (χ0v) is 6.92. The number of hydrogen-bond acceptors (Lipinski definition) is 3. The molecule has 66 valence electrons. The van der Waals surface area contributed by atoms with Crippen LogP contribution in [0, 0.1) is 0 Å². The molecule has 0 saturated heterocycles. The van der Waals surface area contributed by atoms with Crippen LogP contribution in [0.25, 0.3) is 0 Å². The molecule has 0 aliphatic heterocycles. The summed E-state index contributed by atoms with van der Waals surface area (Å²) in [6, 6.07) is 0. The third-order valence-electron chi connectivity index (χ3n) is 1.13. The zero-order valence-electron chi connectivity index (χ0n) is 6.92. The van der Waals surface area contributed by atoms with Crippen molar-refractivity contribution in [2.24, 2.45) is 0 Å². The van der Waals surface area contributed by atoms with E-state index in [9.17, 15) is 5.11 Å². The lowest BCUT2D eigenvalue weighted by Crippen LogP contribution is -2.16. The third kappa shape index (κ3) is 7.52. The van der Waals surface area contributed by atoms with Crippen LogP contribution in [0.15, 0.2) is 12.2 Å². The summed E-state index contributed by atoms with van der Waals surface area (Å²) in [6.45, 7) is 6.07. The lowest BCUT2D eigenvalue weighted by molar-refractivity contribution is 0.0218. The molecular weight excluding hydrogens is 144 g/mol. The molecule has 0 bridgehead atoms. The van der Waals surface area contributed by atoms with E-state index >= 15 is 0 Å². The third-order valence-corrected chi connectivity index (χ3v) is 1.13. The van der Waals surface area contributed by atoms with Crippen molar-refractivity contribution in [1.29, 1.82) is 0 Å². The van der Waals surface area contributed by atoms with E-state index in [1.54, 1.807) is 0 Å². The van der Waals surface area contributed by atoms with Crippen molar-refractivity contribution in [2.75, 3.05) is 19.8 Å². The summed E-state index contributed by atoms with van der Waals surface area (Å²) >= 11 is 0. The fraction of sp³-hybridized carbons (Fsp3) is 0.750. The van der Waals surface area contributed by atoms with Crippen LogP contribution in [-0.4, -0.2) is 36.1 Å². The minimum absolute atomic E-state index is 0.000207. The highest BCUT2D eigenvalue weighted by Crippen LogP contribution is 2.01. The van der Waals surface area contributed by atoms with Crippen LogP contribution in [-0.2, 0) is 4.74 Å². The molecule has 0 rings (SSSR count). The average Bonchev–Trinajstić information content (AvgIpc) is 1.86. The van der Waals surface area contributed by atoms with Gasteiger partial charge in [-0.15, -0.1) is 6.58 Å². The Morgan fingerprint density at radius 3 is 2.73 bits per heavy atom. The number of aliphatic hydroxyl groups is 2. The molecule has 0 aromatic rings. The second kappa shape index (κ2) is 6.34. The topological polar surface area (TPSA) is 49.7 Å². The Balaban J connectivity index is 3.22. The van der Waals surface area contributed by atoms with Gasteiger partial charge in [0.05, 0.1) is 25.9 Å². The van der Waals surface area contributed by atoms with Gasteiger partial charge in [0.25, 0.3) is 0 Å². The van der Waals surface area contributed by atoms with Crippen LogP contribution in [0.5, 0.6) is 0 Å². The summed E-state index contributed by atoms with van der Waals surface area (Å²) in [5.74, 6) is 0. The largest absolute Gasteiger partial charge is 0.394 e. The number of aliphatic hydroxyl groups excluding tert-OH is 2. The first-order chi connectivity index (χ1) is 5.16. The van der Waals surface area contributed by atoms with Gasteiger partial charge in [-0.1, -0.05) is 5.57 Å². The minimum atomic E-state index is -0.487. The van der Waals surface area contributed by atoms with E-state index in [2.05, 4.69) is 6.58 Å². The fourth-order valence-corrected chi connectivity index (χ4v) is 0.745. The van der Waals surface area contributed by atoms with E-state index in [1.807, 2.05) is 6.92 Å². The second-order valence-electron chi connectivity index (χ2n) is 2.61. The van der Waals surface area contributed by atoms with E-state index in [0.717, 1.165) is 5.57 Å². The van der Waals surface area contributed by atoms with Crippen LogP contribution in [0.1, 0.15) is 13.3 Å².